The van der Waals surface area contributed by atoms with Gasteiger partial charge in [0.05, 0.1) is 18.0 Å². The van der Waals surface area contributed by atoms with Gasteiger partial charge in [0.25, 0.3) is 5.91 Å². The third kappa shape index (κ3) is 4.46. The van der Waals surface area contributed by atoms with Gasteiger partial charge in [-0.05, 0) is 31.9 Å². The van der Waals surface area contributed by atoms with Crippen LogP contribution < -0.4 is 14.4 Å². The molecule has 1 heterocycles. The number of fused-ring (bicyclic) bond motifs is 1. The van der Waals surface area contributed by atoms with Crippen LogP contribution in [-0.4, -0.2) is 50.3 Å². The van der Waals surface area contributed by atoms with Crippen molar-refractivity contribution in [3.05, 3.63) is 24.3 Å². The highest BCUT2D eigenvalue weighted by atomic mass is 32.2. The van der Waals surface area contributed by atoms with Gasteiger partial charge < -0.3 is 10.1 Å². The molecule has 6 nitrogen and oxygen atoms in total. The molecule has 0 radical (unpaired) electrons. The van der Waals surface area contributed by atoms with Gasteiger partial charge in [-0.25, -0.2) is 8.42 Å². The van der Waals surface area contributed by atoms with Crippen molar-refractivity contribution < 1.29 is 17.9 Å². The van der Waals surface area contributed by atoms with E-state index in [1.807, 2.05) is 11.8 Å². The minimum atomic E-state index is -3.47. The number of hydrogen-bond donors (Lipinski definition) is 1. The first-order valence-electron chi connectivity index (χ1n) is 9.16. The Morgan fingerprint density at radius 1 is 1.31 bits per heavy atom. The fourth-order valence-corrected chi connectivity index (χ4v) is 5.67. The number of thioether (sulfide) groups is 1. The van der Waals surface area contributed by atoms with Crippen molar-refractivity contribution in [2.24, 2.45) is 0 Å². The summed E-state index contributed by atoms with van der Waals surface area (Å²) in [6.45, 7) is 2.18. The molecule has 1 aromatic carbocycles. The summed E-state index contributed by atoms with van der Waals surface area (Å²) in [6, 6.07) is 6.94. The summed E-state index contributed by atoms with van der Waals surface area (Å²) < 4.78 is 31.9. The number of benzene rings is 1. The topological polar surface area (TPSA) is 75.7 Å². The first-order chi connectivity index (χ1) is 12.5. The average Bonchev–Trinajstić information content (AvgIpc) is 3.17. The zero-order chi connectivity index (χ0) is 18.6. The van der Waals surface area contributed by atoms with E-state index in [1.54, 1.807) is 31.2 Å². The minimum Gasteiger partial charge on any atom is -0.476 e. The van der Waals surface area contributed by atoms with E-state index in [2.05, 4.69) is 5.32 Å². The molecule has 0 unspecified atom stereocenters. The number of ether oxygens (including phenoxy) is 1. The van der Waals surface area contributed by atoms with Gasteiger partial charge in [-0.2, -0.15) is 11.8 Å². The lowest BCUT2D eigenvalue weighted by atomic mass is 10.2. The van der Waals surface area contributed by atoms with Crippen LogP contribution in [0.1, 0.15) is 32.6 Å². The summed E-state index contributed by atoms with van der Waals surface area (Å²) in [6.07, 6.45) is 4.32. The molecule has 144 valence electrons. The molecule has 1 amide bonds. The van der Waals surface area contributed by atoms with Crippen LogP contribution in [0.2, 0.25) is 0 Å². The monoisotopic (exact) mass is 398 g/mol. The van der Waals surface area contributed by atoms with Crippen molar-refractivity contribution in [3.8, 4) is 5.75 Å². The number of carbonyl (C=O) groups is 1. The SMILES string of the molecule is CCS(=O)(=O)N1C[C@@H](C(=O)NCCSC2CCCC2)Oc2ccccc21. The van der Waals surface area contributed by atoms with E-state index in [0.29, 0.717) is 18.0 Å². The number of nitrogens with one attached hydrogen (secondary N) is 1. The molecule has 1 aliphatic carbocycles. The lowest BCUT2D eigenvalue weighted by Crippen LogP contribution is -2.51. The van der Waals surface area contributed by atoms with Crippen LogP contribution in [0.15, 0.2) is 24.3 Å². The van der Waals surface area contributed by atoms with Crippen molar-refractivity contribution in [2.75, 3.05) is 28.9 Å². The van der Waals surface area contributed by atoms with E-state index in [1.165, 1.54) is 30.0 Å². The van der Waals surface area contributed by atoms with Crippen LogP contribution in [-0.2, 0) is 14.8 Å². The Morgan fingerprint density at radius 2 is 2.04 bits per heavy atom. The molecule has 0 bridgehead atoms. The summed E-state index contributed by atoms with van der Waals surface area (Å²) in [5.74, 6) is 1.02. The maximum Gasteiger partial charge on any atom is 0.263 e. The van der Waals surface area contributed by atoms with Crippen LogP contribution in [0, 0.1) is 0 Å². The highest BCUT2D eigenvalue weighted by molar-refractivity contribution is 7.99. The number of anilines is 1. The van der Waals surface area contributed by atoms with Gasteiger partial charge >= 0.3 is 0 Å². The standard InChI is InChI=1S/C18H26N2O4S2/c1-2-26(22,23)20-13-17(24-16-10-6-5-9-15(16)20)18(21)19-11-12-25-14-7-3-4-8-14/h5-6,9-10,14,17H,2-4,7-8,11-13H2,1H3,(H,19,21)/t17-/m0/s1. The Kier molecular flexibility index (Phi) is 6.34. The number of carbonyl (C=O) groups excluding carboxylic acids is 1. The van der Waals surface area contributed by atoms with Gasteiger partial charge in [0.1, 0.15) is 5.75 Å². The molecule has 0 saturated heterocycles. The van der Waals surface area contributed by atoms with Gasteiger partial charge in [0, 0.05) is 17.5 Å². The number of hydrogen-bond acceptors (Lipinski definition) is 5. The van der Waals surface area contributed by atoms with Crippen LogP contribution >= 0.6 is 11.8 Å². The van der Waals surface area contributed by atoms with E-state index < -0.39 is 16.1 Å². The van der Waals surface area contributed by atoms with Crippen molar-refractivity contribution in [1.82, 2.24) is 5.32 Å². The summed E-state index contributed by atoms with van der Waals surface area (Å²) in [5.41, 5.74) is 0.496. The first kappa shape index (κ1) is 19.4. The number of nitrogens with zero attached hydrogens (tertiary/aromatic N) is 1. The van der Waals surface area contributed by atoms with Gasteiger partial charge in [0.15, 0.2) is 6.10 Å². The number of para-hydroxylation sites is 2. The third-order valence-corrected chi connectivity index (χ3v) is 7.91. The number of rotatable bonds is 7. The van der Waals surface area contributed by atoms with E-state index in [0.717, 1.165) is 11.0 Å². The molecule has 26 heavy (non-hydrogen) atoms. The molecular weight excluding hydrogens is 372 g/mol. The molecule has 1 aromatic rings. The fraction of sp³-hybridized carbons (Fsp3) is 0.611. The molecule has 2 aliphatic rings. The zero-order valence-electron chi connectivity index (χ0n) is 15.0. The molecular formula is C18H26N2O4S2. The van der Waals surface area contributed by atoms with Crippen molar-refractivity contribution in [1.29, 1.82) is 0 Å². The van der Waals surface area contributed by atoms with Crippen LogP contribution in [0.25, 0.3) is 0 Å². The van der Waals surface area contributed by atoms with E-state index >= 15 is 0 Å². The Bertz CT molecular complexity index is 732. The normalized spacial score (nSPS) is 20.5. The van der Waals surface area contributed by atoms with E-state index in [-0.39, 0.29) is 18.2 Å². The summed E-state index contributed by atoms with van der Waals surface area (Å²) >= 11 is 1.91. The number of sulfonamides is 1. The summed E-state index contributed by atoms with van der Waals surface area (Å²) in [5, 5.41) is 3.61. The Labute approximate surface area is 159 Å². The zero-order valence-corrected chi connectivity index (χ0v) is 16.7. The molecule has 0 spiro atoms. The molecule has 1 N–H and O–H groups in total. The largest absolute Gasteiger partial charge is 0.476 e. The third-order valence-electron chi connectivity index (χ3n) is 4.78. The molecule has 0 aromatic heterocycles. The summed E-state index contributed by atoms with van der Waals surface area (Å²) in [4.78, 5) is 12.5. The van der Waals surface area contributed by atoms with Gasteiger partial charge in [-0.1, -0.05) is 25.0 Å². The van der Waals surface area contributed by atoms with Gasteiger partial charge in [-0.3, -0.25) is 9.10 Å². The molecule has 1 fully saturated rings. The second kappa shape index (κ2) is 8.52. The van der Waals surface area contributed by atoms with Crippen LogP contribution in [0.4, 0.5) is 5.69 Å². The van der Waals surface area contributed by atoms with E-state index in [4.69, 9.17) is 4.74 Å². The summed E-state index contributed by atoms with van der Waals surface area (Å²) in [7, 11) is -3.47. The van der Waals surface area contributed by atoms with Crippen molar-refractivity contribution in [3.63, 3.8) is 0 Å². The smallest absolute Gasteiger partial charge is 0.263 e. The Hall–Kier alpha value is -1.41. The predicted octanol–water partition coefficient (Wildman–Crippen LogP) is 2.40. The molecule has 1 atom stereocenters. The first-order valence-corrected chi connectivity index (χ1v) is 11.8. The quantitative estimate of drug-likeness (QED) is 0.714. The highest BCUT2D eigenvalue weighted by Crippen LogP contribution is 2.35. The van der Waals surface area contributed by atoms with Gasteiger partial charge in [-0.15, -0.1) is 0 Å². The molecule has 3 rings (SSSR count). The number of amides is 1. The molecule has 8 heteroatoms. The fourth-order valence-electron chi connectivity index (χ4n) is 3.33. The molecule has 1 aliphatic heterocycles. The highest BCUT2D eigenvalue weighted by Gasteiger charge is 2.35. The lowest BCUT2D eigenvalue weighted by molar-refractivity contribution is -0.127. The minimum absolute atomic E-state index is 0.00872. The maximum absolute atomic E-state index is 12.5. The Balaban J connectivity index is 1.60. The molecule has 1 saturated carbocycles. The van der Waals surface area contributed by atoms with Gasteiger partial charge in [0.2, 0.25) is 10.0 Å². The van der Waals surface area contributed by atoms with E-state index in [9.17, 15) is 13.2 Å². The second-order valence-corrected chi connectivity index (χ2v) is 10.2. The Morgan fingerprint density at radius 3 is 2.77 bits per heavy atom. The second-order valence-electron chi connectivity index (χ2n) is 6.57. The van der Waals surface area contributed by atoms with Crippen molar-refractivity contribution in [2.45, 2.75) is 44.0 Å². The van der Waals surface area contributed by atoms with Crippen molar-refractivity contribution >= 4 is 33.4 Å². The predicted molar refractivity (Wildman–Crippen MR) is 105 cm³/mol. The lowest BCUT2D eigenvalue weighted by Gasteiger charge is -2.34. The van der Waals surface area contributed by atoms with Crippen LogP contribution in [0.5, 0.6) is 5.75 Å². The maximum atomic E-state index is 12.5. The van der Waals surface area contributed by atoms with Crippen LogP contribution in [0.3, 0.4) is 0 Å². The average molecular weight is 399 g/mol.